The van der Waals surface area contributed by atoms with E-state index >= 15 is 0 Å². The molecule has 0 heteroatoms. The zero-order valence-corrected chi connectivity index (χ0v) is 29.9. The van der Waals surface area contributed by atoms with Gasteiger partial charge in [0.05, 0.1) is 0 Å². The van der Waals surface area contributed by atoms with E-state index in [0.717, 1.165) is 0 Å². The van der Waals surface area contributed by atoms with Crippen molar-refractivity contribution in [1.82, 2.24) is 0 Å². The van der Waals surface area contributed by atoms with E-state index in [0.29, 0.717) is 11.8 Å². The SMILES string of the molecule is [CH]1c2cccc3c4ccc5c6ccc7c8c9c%10c%11c(cccc%11c%11ccc%12c%13ccc%14c%15cccc1c%15c(c23)c1c4c5c(c%13c%141)c(c68)c%12c%119)[CH]C1C=CC=C7C%101. The molecule has 0 heterocycles. The van der Waals surface area contributed by atoms with Crippen molar-refractivity contribution in [3.63, 3.8) is 0 Å². The lowest BCUT2D eigenvalue weighted by Crippen LogP contribution is -2.23. The maximum absolute atomic E-state index is 2.56. The van der Waals surface area contributed by atoms with E-state index in [9.17, 15) is 0 Å². The van der Waals surface area contributed by atoms with Crippen LogP contribution in [0.3, 0.4) is 0 Å². The summed E-state index contributed by atoms with van der Waals surface area (Å²) in [5.41, 5.74) is 8.58. The molecule has 0 nitrogen and oxygen atoms in total. The van der Waals surface area contributed by atoms with Gasteiger partial charge in [-0.3, -0.25) is 0 Å². The van der Waals surface area contributed by atoms with Crippen molar-refractivity contribution in [3.8, 4) is 0 Å². The zero-order chi connectivity index (χ0) is 35.2. The number of hydrogen-bond acceptors (Lipinski definition) is 0. The molecule has 0 saturated heterocycles. The van der Waals surface area contributed by atoms with Crippen molar-refractivity contribution >= 4 is 146 Å². The van der Waals surface area contributed by atoms with Crippen molar-refractivity contribution in [2.24, 2.45) is 5.92 Å². The summed E-state index contributed by atoms with van der Waals surface area (Å²) in [4.78, 5) is 0. The highest BCUT2D eigenvalue weighted by molar-refractivity contribution is 6.59. The molecule has 2 radical (unpaired) electrons. The lowest BCUT2D eigenvalue weighted by molar-refractivity contribution is 0.677. The second-order valence-electron chi connectivity index (χ2n) is 17.6. The van der Waals surface area contributed by atoms with Crippen LogP contribution < -0.4 is 0 Å². The van der Waals surface area contributed by atoms with E-state index in [1.807, 2.05) is 0 Å². The standard InChI is InChI=1S/C56H24/c1-5-23-21-24-6-2-10-28-32-14-19-37-38-20-16-34-30-12-4-8-26-22-25-7-3-11-29-33-15-18-36-35-17-13-31-27(9-1)39(23)51(40(24)28)53-43(31)47(35)55(48(37)44(32)53)56-49(36)45(33)54(46(34)50(38)56)52(41(25)29)42(26)30/h1-23,39H. The van der Waals surface area contributed by atoms with Gasteiger partial charge in [-0.1, -0.05) is 121 Å². The van der Waals surface area contributed by atoms with Gasteiger partial charge in [0.15, 0.2) is 0 Å². The molecule has 2 unspecified atom stereocenters. The molecule has 56 heavy (non-hydrogen) atoms. The van der Waals surface area contributed by atoms with Gasteiger partial charge < -0.3 is 0 Å². The molecule has 0 spiro atoms. The van der Waals surface area contributed by atoms with Gasteiger partial charge in [-0.2, -0.15) is 0 Å². The van der Waals surface area contributed by atoms with Crippen LogP contribution in [-0.2, 0) is 0 Å². The van der Waals surface area contributed by atoms with Crippen LogP contribution in [0, 0.1) is 18.8 Å². The molecule has 4 aliphatic carbocycles. The summed E-state index contributed by atoms with van der Waals surface area (Å²) >= 11 is 0. The molecular weight excluding hydrogens is 673 g/mol. The van der Waals surface area contributed by atoms with Crippen molar-refractivity contribution in [3.05, 3.63) is 162 Å². The lowest BCUT2D eigenvalue weighted by atomic mass is 9.62. The minimum absolute atomic E-state index is 0.338. The molecule has 2 atom stereocenters. The largest absolute Gasteiger partial charge is 0.0798 e. The molecule has 0 fully saturated rings. The van der Waals surface area contributed by atoms with Crippen LogP contribution in [0.2, 0.25) is 0 Å². The zero-order valence-electron chi connectivity index (χ0n) is 29.9. The highest BCUT2D eigenvalue weighted by atomic mass is 14.4. The van der Waals surface area contributed by atoms with Crippen LogP contribution in [0.15, 0.2) is 121 Å². The predicted molar refractivity (Wildman–Crippen MR) is 239 cm³/mol. The monoisotopic (exact) mass is 696 g/mol. The Balaban J connectivity index is 1.27. The Bertz CT molecular complexity index is 4280. The van der Waals surface area contributed by atoms with Gasteiger partial charge >= 0.3 is 0 Å². The molecular formula is C56H24. The van der Waals surface area contributed by atoms with Crippen LogP contribution >= 0.6 is 0 Å². The van der Waals surface area contributed by atoms with Crippen molar-refractivity contribution in [2.45, 2.75) is 5.92 Å². The molecule has 0 bridgehead atoms. The molecule has 4 aliphatic rings. The summed E-state index contributed by atoms with van der Waals surface area (Å²) in [7, 11) is 0. The molecule has 14 aromatic rings. The van der Waals surface area contributed by atoms with Gasteiger partial charge in [0.25, 0.3) is 0 Å². The van der Waals surface area contributed by atoms with Gasteiger partial charge in [-0.25, -0.2) is 0 Å². The number of allylic oxidation sites excluding steroid dienone is 4. The van der Waals surface area contributed by atoms with Crippen molar-refractivity contribution in [2.75, 3.05) is 0 Å². The second kappa shape index (κ2) is 7.83. The number of benzene rings is 14. The molecule has 0 saturated carbocycles. The normalized spacial score (nSPS) is 18.6. The minimum Gasteiger partial charge on any atom is -0.0798 e. The van der Waals surface area contributed by atoms with Crippen molar-refractivity contribution < 1.29 is 0 Å². The topological polar surface area (TPSA) is 0 Å². The predicted octanol–water partition coefficient (Wildman–Crippen LogP) is 15.0. The average molecular weight is 697 g/mol. The lowest BCUT2D eigenvalue weighted by Gasteiger charge is -2.41. The van der Waals surface area contributed by atoms with E-state index in [-0.39, 0.29) is 0 Å². The molecule has 0 aliphatic heterocycles. The van der Waals surface area contributed by atoms with E-state index in [1.54, 1.807) is 5.56 Å². The number of hydrogen-bond donors (Lipinski definition) is 0. The Kier molecular flexibility index (Phi) is 3.65. The summed E-state index contributed by atoms with van der Waals surface area (Å²) in [5.74, 6) is 0.698. The van der Waals surface area contributed by atoms with Gasteiger partial charge in [0, 0.05) is 12.3 Å². The fourth-order valence-electron chi connectivity index (χ4n) is 14.1. The highest BCUT2D eigenvalue weighted by Gasteiger charge is 2.41. The van der Waals surface area contributed by atoms with Gasteiger partial charge in [0.2, 0.25) is 0 Å². The summed E-state index contributed by atoms with van der Waals surface area (Å²) in [6.07, 6.45) is 12.2. The van der Waals surface area contributed by atoms with Crippen molar-refractivity contribution in [1.29, 1.82) is 0 Å². The summed E-state index contributed by atoms with van der Waals surface area (Å²) in [6.45, 7) is 0. The Labute approximate surface area is 318 Å². The van der Waals surface area contributed by atoms with Gasteiger partial charge in [-0.15, -0.1) is 0 Å². The van der Waals surface area contributed by atoms with E-state index in [1.165, 1.54) is 168 Å². The number of fused-ring (bicyclic) bond motifs is 6. The van der Waals surface area contributed by atoms with Crippen LogP contribution in [0.25, 0.3) is 146 Å². The molecule has 14 aromatic carbocycles. The van der Waals surface area contributed by atoms with E-state index in [4.69, 9.17) is 0 Å². The van der Waals surface area contributed by atoms with E-state index in [2.05, 4.69) is 134 Å². The number of rotatable bonds is 0. The molecule has 0 amide bonds. The van der Waals surface area contributed by atoms with Crippen LogP contribution in [0.1, 0.15) is 33.7 Å². The highest BCUT2D eigenvalue weighted by Crippen LogP contribution is 2.64. The first-order valence-corrected chi connectivity index (χ1v) is 20.3. The second-order valence-corrected chi connectivity index (χ2v) is 17.6. The molecule has 0 aromatic heterocycles. The molecule has 0 N–H and O–H groups in total. The smallest absolute Gasteiger partial charge is 0.0212 e. The third kappa shape index (κ3) is 2.31. The maximum atomic E-state index is 2.56. The fraction of sp³-hybridized carbons (Fsp3) is 0.0357. The Morgan fingerprint density at radius 3 is 1.30 bits per heavy atom. The fourth-order valence-corrected chi connectivity index (χ4v) is 14.1. The minimum atomic E-state index is 0.338. The Hall–Kier alpha value is -6.76. The summed E-state index contributed by atoms with van der Waals surface area (Å²) in [5, 5.41) is 37.4. The van der Waals surface area contributed by atoms with Crippen LogP contribution in [0.5, 0.6) is 0 Å². The van der Waals surface area contributed by atoms with E-state index < -0.39 is 0 Å². The molecule has 18 rings (SSSR count). The van der Waals surface area contributed by atoms with Gasteiger partial charge in [-0.05, 0) is 186 Å². The quantitative estimate of drug-likeness (QED) is 0.109. The Morgan fingerprint density at radius 2 is 0.750 bits per heavy atom. The molecule has 248 valence electrons. The maximum Gasteiger partial charge on any atom is 0.0212 e. The van der Waals surface area contributed by atoms with Crippen LogP contribution in [-0.4, -0.2) is 0 Å². The third-order valence-electron chi connectivity index (χ3n) is 15.7. The first-order chi connectivity index (χ1) is 27.8. The Morgan fingerprint density at radius 1 is 0.321 bits per heavy atom. The summed E-state index contributed by atoms with van der Waals surface area (Å²) < 4.78 is 0. The summed E-state index contributed by atoms with van der Waals surface area (Å²) in [6, 6.07) is 41.1. The first kappa shape index (κ1) is 26.1. The average Bonchev–Trinajstić information content (AvgIpc) is 3.25. The third-order valence-corrected chi connectivity index (χ3v) is 15.7. The van der Waals surface area contributed by atoms with Crippen LogP contribution in [0.4, 0.5) is 0 Å². The first-order valence-electron chi connectivity index (χ1n) is 20.3. The van der Waals surface area contributed by atoms with Gasteiger partial charge in [0.1, 0.15) is 0 Å².